The number of aliphatic hydroxyl groups excluding tert-OH is 1. The lowest BCUT2D eigenvalue weighted by molar-refractivity contribution is 0.132. The van der Waals surface area contributed by atoms with Crippen LogP contribution >= 0.6 is 0 Å². The number of hydrogen-bond donors (Lipinski definition) is 4. The second-order valence-corrected chi connectivity index (χ2v) is 7.70. The van der Waals surface area contributed by atoms with E-state index in [-0.39, 0.29) is 10.3 Å². The number of benzene rings is 1. The molecule has 0 saturated carbocycles. The van der Waals surface area contributed by atoms with Gasteiger partial charge < -0.3 is 16.2 Å². The molecule has 0 bridgehead atoms. The average Bonchev–Trinajstić information content (AvgIpc) is 2.22. The summed E-state index contributed by atoms with van der Waals surface area (Å²) in [7, 11) is -3.80. The molecule has 20 heavy (non-hydrogen) atoms. The van der Waals surface area contributed by atoms with Crippen molar-refractivity contribution >= 4 is 21.4 Å². The maximum Gasteiger partial charge on any atom is 0.238 e. The molecule has 1 atom stereocenters. The molecule has 0 radical (unpaired) electrons. The van der Waals surface area contributed by atoms with Gasteiger partial charge in [0.05, 0.1) is 11.0 Å². The summed E-state index contributed by atoms with van der Waals surface area (Å²) in [5, 5.41) is 18.0. The van der Waals surface area contributed by atoms with Gasteiger partial charge in [-0.25, -0.2) is 13.6 Å². The van der Waals surface area contributed by atoms with E-state index in [1.165, 1.54) is 12.1 Å². The standard InChI is InChI=1S/C13H23N3O3S/c1-13(2,3)7-11(17)8-16-10-4-9(14)5-12(6-10)20(15,18)19/h4-6,11,16-17H,7-8,14H2,1-3H3,(H2,15,18,19). The maximum atomic E-state index is 11.3. The Labute approximate surface area is 120 Å². The fourth-order valence-corrected chi connectivity index (χ4v) is 2.49. The van der Waals surface area contributed by atoms with Crippen molar-refractivity contribution in [3.8, 4) is 0 Å². The van der Waals surface area contributed by atoms with Crippen LogP contribution in [0.1, 0.15) is 27.2 Å². The van der Waals surface area contributed by atoms with E-state index in [0.29, 0.717) is 24.3 Å². The summed E-state index contributed by atoms with van der Waals surface area (Å²) in [6.45, 7) is 6.42. The summed E-state index contributed by atoms with van der Waals surface area (Å²) in [6, 6.07) is 4.29. The zero-order valence-electron chi connectivity index (χ0n) is 12.1. The number of nitrogen functional groups attached to an aromatic ring is 1. The highest BCUT2D eigenvalue weighted by atomic mass is 32.2. The SMILES string of the molecule is CC(C)(C)CC(O)CNc1cc(N)cc(S(N)(=O)=O)c1. The highest BCUT2D eigenvalue weighted by Gasteiger charge is 2.17. The van der Waals surface area contributed by atoms with Crippen LogP contribution in [-0.2, 0) is 10.0 Å². The fraction of sp³-hybridized carbons (Fsp3) is 0.538. The van der Waals surface area contributed by atoms with Gasteiger partial charge in [0.25, 0.3) is 0 Å². The average molecular weight is 301 g/mol. The Bertz CT molecular complexity index is 565. The molecule has 0 aliphatic rings. The van der Waals surface area contributed by atoms with Crippen LogP contribution < -0.4 is 16.2 Å². The number of aliphatic hydroxyl groups is 1. The third-order valence-electron chi connectivity index (χ3n) is 2.65. The van der Waals surface area contributed by atoms with Crippen LogP contribution in [0.4, 0.5) is 11.4 Å². The summed E-state index contributed by atoms with van der Waals surface area (Å²) in [5.74, 6) is 0. The van der Waals surface area contributed by atoms with Crippen LogP contribution in [0.5, 0.6) is 0 Å². The third kappa shape index (κ3) is 5.77. The van der Waals surface area contributed by atoms with Crippen molar-refractivity contribution < 1.29 is 13.5 Å². The molecule has 0 saturated heterocycles. The van der Waals surface area contributed by atoms with Crippen molar-refractivity contribution in [2.45, 2.75) is 38.2 Å². The van der Waals surface area contributed by atoms with Gasteiger partial charge in [0, 0.05) is 17.9 Å². The molecule has 6 nitrogen and oxygen atoms in total. The monoisotopic (exact) mass is 301 g/mol. The molecule has 1 aromatic rings. The van der Waals surface area contributed by atoms with Crippen LogP contribution in [-0.4, -0.2) is 26.2 Å². The maximum absolute atomic E-state index is 11.3. The van der Waals surface area contributed by atoms with Crippen molar-refractivity contribution in [1.29, 1.82) is 0 Å². The lowest BCUT2D eigenvalue weighted by Crippen LogP contribution is -2.25. The highest BCUT2D eigenvalue weighted by Crippen LogP contribution is 2.22. The van der Waals surface area contributed by atoms with Crippen LogP contribution in [0.25, 0.3) is 0 Å². The first kappa shape index (κ1) is 16.7. The summed E-state index contributed by atoms with van der Waals surface area (Å²) in [4.78, 5) is -0.0506. The van der Waals surface area contributed by atoms with Gasteiger partial charge in [-0.2, -0.15) is 0 Å². The Morgan fingerprint density at radius 3 is 2.40 bits per heavy atom. The molecular formula is C13H23N3O3S. The second kappa shape index (κ2) is 5.99. The van der Waals surface area contributed by atoms with Gasteiger partial charge in [-0.05, 0) is 30.0 Å². The molecule has 114 valence electrons. The minimum absolute atomic E-state index is 0.0164. The third-order valence-corrected chi connectivity index (χ3v) is 3.54. The molecule has 0 heterocycles. The predicted octanol–water partition coefficient (Wildman–Crippen LogP) is 1.13. The number of anilines is 2. The van der Waals surface area contributed by atoms with Crippen LogP contribution in [0.2, 0.25) is 0 Å². The minimum Gasteiger partial charge on any atom is -0.399 e. The Morgan fingerprint density at radius 2 is 1.90 bits per heavy atom. The van der Waals surface area contributed by atoms with E-state index in [4.69, 9.17) is 10.9 Å². The van der Waals surface area contributed by atoms with E-state index in [2.05, 4.69) is 5.32 Å². The Hall–Kier alpha value is -1.31. The molecule has 0 fully saturated rings. The van der Waals surface area contributed by atoms with Gasteiger partial charge in [-0.15, -0.1) is 0 Å². The summed E-state index contributed by atoms with van der Waals surface area (Å²) in [5.41, 5.74) is 6.47. The number of nitrogens with one attached hydrogen (secondary N) is 1. The fourth-order valence-electron chi connectivity index (χ4n) is 1.90. The molecular weight excluding hydrogens is 278 g/mol. The lowest BCUT2D eigenvalue weighted by atomic mass is 9.89. The first-order valence-electron chi connectivity index (χ1n) is 6.33. The highest BCUT2D eigenvalue weighted by molar-refractivity contribution is 7.89. The molecule has 0 aliphatic heterocycles. The molecule has 7 heteroatoms. The molecule has 0 aromatic heterocycles. The van der Waals surface area contributed by atoms with Gasteiger partial charge in [0.2, 0.25) is 10.0 Å². The number of sulfonamides is 1. The van der Waals surface area contributed by atoms with Gasteiger partial charge in [-0.1, -0.05) is 20.8 Å². The topological polar surface area (TPSA) is 118 Å². The summed E-state index contributed by atoms with van der Waals surface area (Å²) >= 11 is 0. The quantitative estimate of drug-likeness (QED) is 0.608. The van der Waals surface area contributed by atoms with Gasteiger partial charge >= 0.3 is 0 Å². The van der Waals surface area contributed by atoms with E-state index in [0.717, 1.165) is 0 Å². The summed E-state index contributed by atoms with van der Waals surface area (Å²) < 4.78 is 22.6. The molecule has 0 spiro atoms. The zero-order valence-corrected chi connectivity index (χ0v) is 12.9. The zero-order chi connectivity index (χ0) is 15.6. The number of primary sulfonamides is 1. The Balaban J connectivity index is 2.77. The minimum atomic E-state index is -3.80. The van der Waals surface area contributed by atoms with Gasteiger partial charge in [0.15, 0.2) is 0 Å². The number of nitrogens with two attached hydrogens (primary N) is 2. The van der Waals surface area contributed by atoms with Crippen molar-refractivity contribution in [2.24, 2.45) is 10.6 Å². The van der Waals surface area contributed by atoms with Crippen molar-refractivity contribution in [1.82, 2.24) is 0 Å². The largest absolute Gasteiger partial charge is 0.399 e. The molecule has 1 rings (SSSR count). The molecule has 6 N–H and O–H groups in total. The normalized spacial score (nSPS) is 14.1. The van der Waals surface area contributed by atoms with Crippen molar-refractivity contribution in [3.05, 3.63) is 18.2 Å². The molecule has 0 amide bonds. The van der Waals surface area contributed by atoms with E-state index < -0.39 is 16.1 Å². The lowest BCUT2D eigenvalue weighted by Gasteiger charge is -2.23. The van der Waals surface area contributed by atoms with E-state index in [1.807, 2.05) is 20.8 Å². The van der Waals surface area contributed by atoms with Gasteiger partial charge in [0.1, 0.15) is 0 Å². The summed E-state index contributed by atoms with van der Waals surface area (Å²) in [6.07, 6.45) is 0.0963. The van der Waals surface area contributed by atoms with E-state index >= 15 is 0 Å². The Kier molecular flexibility index (Phi) is 5.01. The first-order valence-corrected chi connectivity index (χ1v) is 7.87. The van der Waals surface area contributed by atoms with Gasteiger partial charge in [-0.3, -0.25) is 0 Å². The smallest absolute Gasteiger partial charge is 0.238 e. The molecule has 1 unspecified atom stereocenters. The second-order valence-electron chi connectivity index (χ2n) is 6.14. The predicted molar refractivity (Wildman–Crippen MR) is 80.8 cm³/mol. The number of rotatable bonds is 5. The van der Waals surface area contributed by atoms with Crippen LogP contribution in [0.3, 0.4) is 0 Å². The molecule has 0 aliphatic carbocycles. The first-order chi connectivity index (χ1) is 8.97. The van der Waals surface area contributed by atoms with Crippen molar-refractivity contribution in [2.75, 3.05) is 17.6 Å². The van der Waals surface area contributed by atoms with E-state index in [9.17, 15) is 13.5 Å². The number of hydrogen-bond acceptors (Lipinski definition) is 5. The van der Waals surface area contributed by atoms with Crippen molar-refractivity contribution in [3.63, 3.8) is 0 Å². The Morgan fingerprint density at radius 1 is 1.30 bits per heavy atom. The molecule has 1 aromatic carbocycles. The van der Waals surface area contributed by atoms with E-state index in [1.54, 1.807) is 6.07 Å². The van der Waals surface area contributed by atoms with Crippen LogP contribution in [0, 0.1) is 5.41 Å². The van der Waals surface area contributed by atoms with Crippen LogP contribution in [0.15, 0.2) is 23.1 Å².